The Hall–Kier alpha value is -1.07. The van der Waals surface area contributed by atoms with E-state index < -0.39 is 10.8 Å². The third-order valence-corrected chi connectivity index (χ3v) is 3.95. The number of nitrogens with zero attached hydrogens (tertiary/aromatic N) is 1. The second kappa shape index (κ2) is 8.17. The number of methoxy groups -OCH3 is 1. The van der Waals surface area contributed by atoms with E-state index in [-0.39, 0.29) is 0 Å². The molecule has 0 saturated carbocycles. The Kier molecular flexibility index (Phi) is 6.87. The van der Waals surface area contributed by atoms with Gasteiger partial charge in [-0.3, -0.25) is 9.11 Å². The molecule has 2 atom stereocenters. The van der Waals surface area contributed by atoms with Gasteiger partial charge >= 0.3 is 0 Å². The van der Waals surface area contributed by atoms with E-state index in [1.807, 2.05) is 31.3 Å². The smallest absolute Gasteiger partial charge is 0.119 e. The maximum absolute atomic E-state index is 11.2. The lowest BCUT2D eigenvalue weighted by Gasteiger charge is -2.23. The Bertz CT molecular complexity index is 394. The maximum atomic E-state index is 11.2. The first-order valence-corrected chi connectivity index (χ1v) is 8.02. The molecule has 0 aromatic heterocycles. The Morgan fingerprint density at radius 1 is 1.26 bits per heavy atom. The maximum Gasteiger partial charge on any atom is 0.119 e. The van der Waals surface area contributed by atoms with E-state index in [0.717, 1.165) is 18.0 Å². The van der Waals surface area contributed by atoms with E-state index in [0.29, 0.717) is 18.4 Å². The third-order valence-electron chi connectivity index (χ3n) is 3.00. The lowest BCUT2D eigenvalue weighted by atomic mass is 10.3. The summed E-state index contributed by atoms with van der Waals surface area (Å²) in [6.07, 6.45) is 1.73. The van der Waals surface area contributed by atoms with Crippen molar-refractivity contribution in [1.82, 2.24) is 4.90 Å². The number of ether oxygens (including phenoxy) is 2. The molecule has 0 unspecified atom stereocenters. The summed E-state index contributed by atoms with van der Waals surface area (Å²) in [5, 5.41) is 0. The first kappa shape index (κ1) is 16.0. The fourth-order valence-electron chi connectivity index (χ4n) is 1.67. The van der Waals surface area contributed by atoms with Gasteiger partial charge in [0.1, 0.15) is 18.1 Å². The van der Waals surface area contributed by atoms with Gasteiger partial charge in [0.15, 0.2) is 0 Å². The van der Waals surface area contributed by atoms with Crippen molar-refractivity contribution in [1.29, 1.82) is 0 Å². The van der Waals surface area contributed by atoms with Crippen molar-refractivity contribution in [3.63, 3.8) is 0 Å². The zero-order chi connectivity index (χ0) is 14.3. The van der Waals surface area contributed by atoms with Gasteiger partial charge in [-0.1, -0.05) is 0 Å². The standard InChI is InChI=1S/C14H23NO3S/c1-12(11-19(4)16)15(2)9-10-18-14-7-5-13(17-3)6-8-14/h5-8,12H,9-11H2,1-4H3/t12-,19+/m1/s1. The minimum atomic E-state index is -0.758. The summed E-state index contributed by atoms with van der Waals surface area (Å²) >= 11 is 0. The molecule has 0 heterocycles. The van der Waals surface area contributed by atoms with Gasteiger partial charge in [-0.15, -0.1) is 0 Å². The number of likely N-dealkylation sites (N-methyl/N-ethyl adjacent to an activating group) is 1. The molecular weight excluding hydrogens is 262 g/mol. The highest BCUT2D eigenvalue weighted by atomic mass is 32.2. The summed E-state index contributed by atoms with van der Waals surface area (Å²) < 4.78 is 21.9. The highest BCUT2D eigenvalue weighted by molar-refractivity contribution is 7.84. The van der Waals surface area contributed by atoms with Crippen LogP contribution in [0, 0.1) is 0 Å². The minimum Gasteiger partial charge on any atom is -0.497 e. The van der Waals surface area contributed by atoms with Crippen LogP contribution in [0.1, 0.15) is 6.92 Å². The molecule has 1 aromatic rings. The molecule has 0 spiro atoms. The van der Waals surface area contributed by atoms with Crippen LogP contribution in [0.3, 0.4) is 0 Å². The predicted molar refractivity (Wildman–Crippen MR) is 79.5 cm³/mol. The molecule has 0 aliphatic carbocycles. The van der Waals surface area contributed by atoms with Gasteiger partial charge in [0, 0.05) is 35.4 Å². The Morgan fingerprint density at radius 2 is 1.84 bits per heavy atom. The Labute approximate surface area is 118 Å². The van der Waals surface area contributed by atoms with Crippen molar-refractivity contribution in [3.8, 4) is 11.5 Å². The quantitative estimate of drug-likeness (QED) is 0.730. The average Bonchev–Trinajstić information content (AvgIpc) is 2.38. The molecule has 0 amide bonds. The summed E-state index contributed by atoms with van der Waals surface area (Å²) in [6.45, 7) is 3.50. The molecule has 19 heavy (non-hydrogen) atoms. The van der Waals surface area contributed by atoms with Gasteiger partial charge in [-0.2, -0.15) is 0 Å². The van der Waals surface area contributed by atoms with Gasteiger partial charge < -0.3 is 9.47 Å². The van der Waals surface area contributed by atoms with Crippen molar-refractivity contribution in [3.05, 3.63) is 24.3 Å². The van der Waals surface area contributed by atoms with E-state index in [2.05, 4.69) is 11.8 Å². The van der Waals surface area contributed by atoms with E-state index in [9.17, 15) is 4.21 Å². The molecule has 4 nitrogen and oxygen atoms in total. The molecule has 0 radical (unpaired) electrons. The van der Waals surface area contributed by atoms with Gasteiger partial charge in [0.2, 0.25) is 0 Å². The number of benzene rings is 1. The van der Waals surface area contributed by atoms with Gasteiger partial charge in [0.05, 0.1) is 7.11 Å². The summed E-state index contributed by atoms with van der Waals surface area (Å²) in [5.41, 5.74) is 0. The Balaban J connectivity index is 2.30. The molecule has 0 aliphatic heterocycles. The van der Waals surface area contributed by atoms with Gasteiger partial charge in [0.25, 0.3) is 0 Å². The van der Waals surface area contributed by atoms with Crippen LogP contribution in [0.25, 0.3) is 0 Å². The first-order valence-electron chi connectivity index (χ1n) is 6.30. The van der Waals surface area contributed by atoms with Crippen LogP contribution >= 0.6 is 0 Å². The molecule has 1 rings (SSSR count). The SMILES string of the molecule is COc1ccc(OCCN(C)[C@H](C)C[S@](C)=O)cc1. The lowest BCUT2D eigenvalue weighted by Crippen LogP contribution is -2.36. The summed E-state index contributed by atoms with van der Waals surface area (Å²) in [4.78, 5) is 2.16. The predicted octanol–water partition coefficient (Wildman–Crippen LogP) is 1.77. The van der Waals surface area contributed by atoms with E-state index in [4.69, 9.17) is 9.47 Å². The van der Waals surface area contributed by atoms with Crippen LogP contribution in [-0.4, -0.2) is 54.5 Å². The zero-order valence-corrected chi connectivity index (χ0v) is 12.9. The van der Waals surface area contributed by atoms with Crippen LogP contribution in [-0.2, 0) is 10.8 Å². The normalized spacial score (nSPS) is 14.2. The minimum absolute atomic E-state index is 0.297. The molecule has 0 saturated heterocycles. The number of hydrogen-bond donors (Lipinski definition) is 0. The fourth-order valence-corrected chi connectivity index (χ4v) is 2.60. The van der Waals surface area contributed by atoms with Crippen molar-refractivity contribution in [2.45, 2.75) is 13.0 Å². The average molecular weight is 285 g/mol. The first-order chi connectivity index (χ1) is 9.02. The number of rotatable bonds is 8. The van der Waals surface area contributed by atoms with Crippen LogP contribution in [0.2, 0.25) is 0 Å². The largest absolute Gasteiger partial charge is 0.497 e. The summed E-state index contributed by atoms with van der Waals surface area (Å²) in [7, 11) is 2.91. The van der Waals surface area contributed by atoms with Crippen molar-refractivity contribution in [2.24, 2.45) is 0 Å². The highest BCUT2D eigenvalue weighted by Crippen LogP contribution is 2.16. The molecule has 5 heteroatoms. The summed E-state index contributed by atoms with van der Waals surface area (Å²) in [5.74, 6) is 2.35. The van der Waals surface area contributed by atoms with E-state index >= 15 is 0 Å². The number of hydrogen-bond acceptors (Lipinski definition) is 4. The van der Waals surface area contributed by atoms with Crippen LogP contribution < -0.4 is 9.47 Å². The molecule has 0 aliphatic rings. The zero-order valence-electron chi connectivity index (χ0n) is 12.1. The monoisotopic (exact) mass is 285 g/mol. The molecule has 1 aromatic carbocycles. The van der Waals surface area contributed by atoms with Gasteiger partial charge in [-0.05, 0) is 38.2 Å². The molecule has 0 fully saturated rings. The van der Waals surface area contributed by atoms with Gasteiger partial charge in [-0.25, -0.2) is 0 Å². The van der Waals surface area contributed by atoms with Crippen molar-refractivity contribution < 1.29 is 13.7 Å². The van der Waals surface area contributed by atoms with E-state index in [1.165, 1.54) is 0 Å². The molecule has 0 bridgehead atoms. The molecular formula is C14H23NO3S. The second-order valence-electron chi connectivity index (χ2n) is 4.59. The van der Waals surface area contributed by atoms with Crippen molar-refractivity contribution in [2.75, 3.05) is 39.3 Å². The molecule has 108 valence electrons. The fraction of sp³-hybridized carbons (Fsp3) is 0.571. The highest BCUT2D eigenvalue weighted by Gasteiger charge is 2.10. The lowest BCUT2D eigenvalue weighted by molar-refractivity contribution is 0.210. The second-order valence-corrected chi connectivity index (χ2v) is 6.07. The van der Waals surface area contributed by atoms with Crippen molar-refractivity contribution >= 4 is 10.8 Å². The molecule has 0 N–H and O–H groups in total. The topological polar surface area (TPSA) is 38.8 Å². The van der Waals surface area contributed by atoms with Crippen LogP contribution in [0.4, 0.5) is 0 Å². The van der Waals surface area contributed by atoms with Crippen LogP contribution in [0.15, 0.2) is 24.3 Å². The summed E-state index contributed by atoms with van der Waals surface area (Å²) in [6, 6.07) is 7.83. The van der Waals surface area contributed by atoms with Crippen LogP contribution in [0.5, 0.6) is 11.5 Å². The van der Waals surface area contributed by atoms with E-state index in [1.54, 1.807) is 13.4 Å². The third kappa shape index (κ3) is 6.07. The Morgan fingerprint density at radius 3 is 2.37 bits per heavy atom.